The summed E-state index contributed by atoms with van der Waals surface area (Å²) in [5, 5.41) is 12.2. The van der Waals surface area contributed by atoms with Gasteiger partial charge in [-0.15, -0.1) is 10.2 Å². The van der Waals surface area contributed by atoms with E-state index >= 15 is 0 Å². The SMILES string of the molecule is Cc1ccc([C@H]2Nn3c(nnc3-c3ccccc3)S[C@H]2C(=O)Nc2ccc(C)cc2C)cc1. The Morgan fingerprint density at radius 2 is 1.67 bits per heavy atom. The number of carbonyl (C=O) groups is 1. The molecule has 0 unspecified atom stereocenters. The van der Waals surface area contributed by atoms with Crippen LogP contribution in [-0.2, 0) is 4.79 Å². The summed E-state index contributed by atoms with van der Waals surface area (Å²) in [5.74, 6) is 0.656. The van der Waals surface area contributed by atoms with Gasteiger partial charge in [-0.3, -0.25) is 4.79 Å². The molecular weight excluding hydrogens is 430 g/mol. The number of aryl methyl sites for hydroxylation is 3. The Bertz CT molecular complexity index is 1300. The summed E-state index contributed by atoms with van der Waals surface area (Å²) in [6.45, 7) is 6.11. The first-order chi connectivity index (χ1) is 16.0. The van der Waals surface area contributed by atoms with E-state index in [4.69, 9.17) is 0 Å². The summed E-state index contributed by atoms with van der Waals surface area (Å²) >= 11 is 1.43. The van der Waals surface area contributed by atoms with Crippen LogP contribution in [-0.4, -0.2) is 26.0 Å². The number of nitrogens with one attached hydrogen (secondary N) is 2. The predicted octanol–water partition coefficient (Wildman–Crippen LogP) is 5.27. The highest BCUT2D eigenvalue weighted by atomic mass is 32.2. The summed E-state index contributed by atoms with van der Waals surface area (Å²) in [6.07, 6.45) is 0. The molecule has 0 saturated carbocycles. The van der Waals surface area contributed by atoms with E-state index in [1.165, 1.54) is 22.9 Å². The summed E-state index contributed by atoms with van der Waals surface area (Å²) in [7, 11) is 0. The van der Waals surface area contributed by atoms with Gasteiger partial charge in [0.2, 0.25) is 11.1 Å². The zero-order valence-electron chi connectivity index (χ0n) is 18.7. The molecule has 0 saturated heterocycles. The Labute approximate surface area is 197 Å². The van der Waals surface area contributed by atoms with Gasteiger partial charge in [-0.25, -0.2) is 4.68 Å². The number of carbonyl (C=O) groups excluding carboxylic acids is 1. The Balaban J connectivity index is 1.51. The van der Waals surface area contributed by atoms with Crippen LogP contribution in [0.5, 0.6) is 0 Å². The van der Waals surface area contributed by atoms with Crippen molar-refractivity contribution >= 4 is 23.4 Å². The van der Waals surface area contributed by atoms with E-state index in [2.05, 4.69) is 58.2 Å². The Kier molecular flexibility index (Phi) is 5.64. The molecule has 7 heteroatoms. The van der Waals surface area contributed by atoms with Crippen molar-refractivity contribution < 1.29 is 4.79 Å². The van der Waals surface area contributed by atoms with Gasteiger partial charge in [0.1, 0.15) is 5.25 Å². The van der Waals surface area contributed by atoms with Gasteiger partial charge in [-0.2, -0.15) is 0 Å². The average Bonchev–Trinajstić information content (AvgIpc) is 3.24. The fourth-order valence-electron chi connectivity index (χ4n) is 4.01. The highest BCUT2D eigenvalue weighted by Crippen LogP contribution is 2.39. The van der Waals surface area contributed by atoms with E-state index in [1.807, 2.05) is 61.0 Å². The number of fused-ring (bicyclic) bond motifs is 1. The molecule has 1 aliphatic rings. The zero-order valence-corrected chi connectivity index (χ0v) is 19.6. The average molecular weight is 456 g/mol. The van der Waals surface area contributed by atoms with Crippen LogP contribution < -0.4 is 10.7 Å². The molecule has 1 aromatic heterocycles. The van der Waals surface area contributed by atoms with Gasteiger partial charge in [-0.05, 0) is 38.0 Å². The number of thioether (sulfide) groups is 1. The van der Waals surface area contributed by atoms with Gasteiger partial charge in [0.25, 0.3) is 0 Å². The van der Waals surface area contributed by atoms with E-state index in [1.54, 1.807) is 0 Å². The first kappa shape index (κ1) is 21.3. The van der Waals surface area contributed by atoms with Crippen LogP contribution in [0.2, 0.25) is 0 Å². The Morgan fingerprint density at radius 1 is 0.939 bits per heavy atom. The lowest BCUT2D eigenvalue weighted by atomic mass is 10.0. The lowest BCUT2D eigenvalue weighted by Crippen LogP contribution is -2.41. The van der Waals surface area contributed by atoms with Crippen LogP contribution in [0.3, 0.4) is 0 Å². The topological polar surface area (TPSA) is 71.8 Å². The second-order valence-electron chi connectivity index (χ2n) is 8.37. The monoisotopic (exact) mass is 455 g/mol. The molecule has 4 aromatic rings. The van der Waals surface area contributed by atoms with Crippen LogP contribution in [0.4, 0.5) is 5.69 Å². The van der Waals surface area contributed by atoms with Crippen molar-refractivity contribution in [3.05, 3.63) is 95.1 Å². The lowest BCUT2D eigenvalue weighted by Gasteiger charge is -2.33. The third-order valence-corrected chi connectivity index (χ3v) is 7.02. The maximum absolute atomic E-state index is 13.5. The number of rotatable bonds is 4. The van der Waals surface area contributed by atoms with E-state index < -0.39 is 5.25 Å². The van der Waals surface area contributed by atoms with Crippen molar-refractivity contribution in [3.8, 4) is 11.4 Å². The molecule has 6 nitrogen and oxygen atoms in total. The predicted molar refractivity (Wildman–Crippen MR) is 133 cm³/mol. The molecule has 0 fully saturated rings. The van der Waals surface area contributed by atoms with E-state index in [0.29, 0.717) is 5.16 Å². The van der Waals surface area contributed by atoms with Crippen LogP contribution >= 0.6 is 11.8 Å². The van der Waals surface area contributed by atoms with Crippen molar-refractivity contribution in [2.75, 3.05) is 10.7 Å². The van der Waals surface area contributed by atoms with Gasteiger partial charge in [0, 0.05) is 11.3 Å². The first-order valence-electron chi connectivity index (χ1n) is 10.9. The molecular formula is C26H25N5OS. The summed E-state index contributed by atoms with van der Waals surface area (Å²) < 4.78 is 1.89. The quantitative estimate of drug-likeness (QED) is 0.439. The smallest absolute Gasteiger partial charge is 0.240 e. The number of nitrogens with zero attached hydrogens (tertiary/aromatic N) is 3. The minimum atomic E-state index is -0.422. The fourth-order valence-corrected chi connectivity index (χ4v) is 5.09. The molecule has 3 aromatic carbocycles. The van der Waals surface area contributed by atoms with E-state index in [-0.39, 0.29) is 11.9 Å². The Hall–Kier alpha value is -3.58. The van der Waals surface area contributed by atoms with Crippen LogP contribution in [0.1, 0.15) is 28.3 Å². The minimum absolute atomic E-state index is 0.0689. The number of benzene rings is 3. The molecule has 1 aliphatic heterocycles. The van der Waals surface area contributed by atoms with E-state index in [9.17, 15) is 4.79 Å². The van der Waals surface area contributed by atoms with Crippen molar-refractivity contribution in [1.82, 2.24) is 14.9 Å². The number of aromatic nitrogens is 3. The normalized spacial score (nSPS) is 17.2. The molecule has 166 valence electrons. The fraction of sp³-hybridized carbons (Fsp3) is 0.192. The summed E-state index contributed by atoms with van der Waals surface area (Å²) in [4.78, 5) is 13.5. The molecule has 5 rings (SSSR count). The molecule has 2 atom stereocenters. The standard InChI is InChI=1S/C26H25N5OS/c1-16-9-12-19(13-10-16)22-23(25(32)27-21-14-11-17(2)15-18(21)3)33-26-29-28-24(31(26)30-22)20-7-5-4-6-8-20/h4-15,22-23,30H,1-3H3,(H,27,32)/t22-,23-/m1/s1. The Morgan fingerprint density at radius 3 is 2.39 bits per heavy atom. The highest BCUT2D eigenvalue weighted by Gasteiger charge is 2.38. The summed E-state index contributed by atoms with van der Waals surface area (Å²) in [5.41, 5.74) is 9.73. The maximum Gasteiger partial charge on any atom is 0.240 e. The minimum Gasteiger partial charge on any atom is -0.325 e. The van der Waals surface area contributed by atoms with Crippen LogP contribution in [0.25, 0.3) is 11.4 Å². The number of amides is 1. The second kappa shape index (κ2) is 8.75. The van der Waals surface area contributed by atoms with Gasteiger partial charge in [0.15, 0.2) is 5.82 Å². The molecule has 0 bridgehead atoms. The van der Waals surface area contributed by atoms with Crippen molar-refractivity contribution in [2.45, 2.75) is 37.2 Å². The molecule has 1 amide bonds. The first-order valence-corrected chi connectivity index (χ1v) is 11.8. The molecule has 2 N–H and O–H groups in total. The maximum atomic E-state index is 13.5. The van der Waals surface area contributed by atoms with Gasteiger partial charge in [0.05, 0.1) is 6.04 Å². The second-order valence-corrected chi connectivity index (χ2v) is 9.48. The molecule has 0 spiro atoms. The van der Waals surface area contributed by atoms with Crippen LogP contribution in [0.15, 0.2) is 78.0 Å². The molecule has 33 heavy (non-hydrogen) atoms. The largest absolute Gasteiger partial charge is 0.325 e. The van der Waals surface area contributed by atoms with Gasteiger partial charge >= 0.3 is 0 Å². The van der Waals surface area contributed by atoms with E-state index in [0.717, 1.165) is 28.2 Å². The van der Waals surface area contributed by atoms with Gasteiger partial charge in [-0.1, -0.05) is 89.6 Å². The van der Waals surface area contributed by atoms with Crippen molar-refractivity contribution in [2.24, 2.45) is 0 Å². The van der Waals surface area contributed by atoms with Gasteiger partial charge < -0.3 is 10.7 Å². The third-order valence-electron chi connectivity index (χ3n) is 5.80. The molecule has 0 radical (unpaired) electrons. The third kappa shape index (κ3) is 4.24. The van der Waals surface area contributed by atoms with Crippen molar-refractivity contribution in [3.63, 3.8) is 0 Å². The summed E-state index contributed by atoms with van der Waals surface area (Å²) in [6, 6.07) is 24.0. The van der Waals surface area contributed by atoms with Crippen LogP contribution in [0, 0.1) is 20.8 Å². The highest BCUT2D eigenvalue weighted by molar-refractivity contribution is 8.00. The zero-order chi connectivity index (χ0) is 22.9. The molecule has 2 heterocycles. The molecule has 0 aliphatic carbocycles. The number of hydrogen-bond acceptors (Lipinski definition) is 5. The number of hydrogen-bond donors (Lipinski definition) is 2. The van der Waals surface area contributed by atoms with Crippen molar-refractivity contribution in [1.29, 1.82) is 0 Å². The number of anilines is 1. The lowest BCUT2D eigenvalue weighted by molar-refractivity contribution is -0.116.